The molecule has 4 aliphatic heterocycles. The Morgan fingerprint density at radius 3 is 1.00 bits per heavy atom. The molecule has 0 amide bonds. The van der Waals surface area contributed by atoms with Gasteiger partial charge in [0, 0.05) is 12.1 Å². The van der Waals surface area contributed by atoms with Gasteiger partial charge in [0.25, 0.3) is 0 Å². The lowest BCUT2D eigenvalue weighted by atomic mass is 9.67. The summed E-state index contributed by atoms with van der Waals surface area (Å²) in [7, 11) is 0. The molecule has 5 aliphatic rings. The molecule has 0 spiro atoms. The van der Waals surface area contributed by atoms with Gasteiger partial charge in [-0.2, -0.15) is 0 Å². The zero-order valence-electron chi connectivity index (χ0n) is 32.1. The fourth-order valence-corrected chi connectivity index (χ4v) is 7.32. The predicted octanol–water partition coefficient (Wildman–Crippen LogP) is 5.23. The van der Waals surface area contributed by atoms with Crippen LogP contribution in [0.2, 0.25) is 0 Å². The molecule has 4 fully saturated rings. The molecule has 4 aromatic rings. The van der Waals surface area contributed by atoms with Crippen LogP contribution >= 0.6 is 0 Å². The summed E-state index contributed by atoms with van der Waals surface area (Å²) in [5.41, 5.74) is 5.66. The molecule has 9 rings (SSSR count). The van der Waals surface area contributed by atoms with Gasteiger partial charge < -0.3 is 56.8 Å². The molecule has 0 radical (unpaired) electrons. The van der Waals surface area contributed by atoms with E-state index in [2.05, 4.69) is 72.8 Å². The molecular formula is C45H50O12. The number of benzene rings is 4. The summed E-state index contributed by atoms with van der Waals surface area (Å²) in [6.45, 7) is 8.44. The molecule has 0 N–H and O–H groups in total. The van der Waals surface area contributed by atoms with Gasteiger partial charge in [-0.25, -0.2) is 0 Å². The van der Waals surface area contributed by atoms with Gasteiger partial charge >= 0.3 is 0 Å². The van der Waals surface area contributed by atoms with E-state index in [1.807, 2.05) is 12.1 Å². The standard InChI is InChI=1S/C45H50O12/c1-3-7-43-41(5-1)42-6-2-4-8-44(42)45(43,31-17-33(50-13-9-46-23-37-27-54-37)21-34(18-31)51-14-10-47-24-38-28-55-38)32-19-35(52-15-11-48-25-39-29-56-39)22-36(20-32)53-16-12-49-26-40-30-57-40/h1-8,17-22,37-40H,9-16,23-30H2. The maximum absolute atomic E-state index is 6.43. The van der Waals surface area contributed by atoms with Crippen LogP contribution in [0.15, 0.2) is 84.9 Å². The summed E-state index contributed by atoms with van der Waals surface area (Å²) < 4.78 is 70.2. The number of hydrogen-bond donors (Lipinski definition) is 0. The van der Waals surface area contributed by atoms with Gasteiger partial charge in [-0.1, -0.05) is 48.5 Å². The van der Waals surface area contributed by atoms with Crippen LogP contribution in [0, 0.1) is 0 Å². The Morgan fingerprint density at radius 1 is 0.404 bits per heavy atom. The van der Waals surface area contributed by atoms with Gasteiger partial charge in [0.1, 0.15) is 73.8 Å². The summed E-state index contributed by atoms with van der Waals surface area (Å²) in [6.07, 6.45) is 0.751. The SMILES string of the molecule is c1ccc2c(c1)-c1ccccc1C2(c1cc(OCCOCC2CO2)cc(OCCOCC2CO2)c1)c1cc(OCCOCC2CO2)cc(OCCOCC2CO2)c1. The number of fused-ring (bicyclic) bond motifs is 3. The third-order valence-electron chi connectivity index (χ3n) is 10.4. The van der Waals surface area contributed by atoms with Crippen LogP contribution in [0.3, 0.4) is 0 Å². The van der Waals surface area contributed by atoms with Crippen molar-refractivity contribution in [2.45, 2.75) is 29.8 Å². The highest BCUT2D eigenvalue weighted by Gasteiger charge is 2.47. The number of rotatable bonds is 26. The Balaban J connectivity index is 1.08. The van der Waals surface area contributed by atoms with Crippen molar-refractivity contribution in [1.29, 1.82) is 0 Å². The Kier molecular flexibility index (Phi) is 12.2. The number of ether oxygens (including phenoxy) is 12. The highest BCUT2D eigenvalue weighted by molar-refractivity contribution is 5.86. The monoisotopic (exact) mass is 782 g/mol. The highest BCUT2D eigenvalue weighted by Crippen LogP contribution is 2.57. The summed E-state index contributed by atoms with van der Waals surface area (Å²) in [6, 6.07) is 29.5. The molecule has 302 valence electrons. The van der Waals surface area contributed by atoms with Crippen molar-refractivity contribution in [1.82, 2.24) is 0 Å². The minimum atomic E-state index is -0.818. The molecule has 0 aromatic heterocycles. The first-order chi connectivity index (χ1) is 28.2. The average Bonchev–Trinajstić information content (AvgIpc) is 4.02. The quantitative estimate of drug-likeness (QED) is 0.0540. The van der Waals surface area contributed by atoms with Gasteiger partial charge in [0.05, 0.1) is 84.7 Å². The van der Waals surface area contributed by atoms with E-state index in [-0.39, 0.29) is 24.4 Å². The van der Waals surface area contributed by atoms with Crippen LogP contribution in [-0.2, 0) is 43.3 Å². The van der Waals surface area contributed by atoms with Crippen molar-refractivity contribution in [3.8, 4) is 34.1 Å². The zero-order valence-corrected chi connectivity index (χ0v) is 32.1. The molecular weight excluding hydrogens is 732 g/mol. The average molecular weight is 783 g/mol. The van der Waals surface area contributed by atoms with Crippen LogP contribution in [-0.4, -0.2) is 130 Å². The maximum Gasteiger partial charge on any atom is 0.123 e. The topological polar surface area (TPSA) is 124 Å². The summed E-state index contributed by atoms with van der Waals surface area (Å²) in [5.74, 6) is 2.67. The van der Waals surface area contributed by atoms with Gasteiger partial charge in [0.15, 0.2) is 0 Å². The summed E-state index contributed by atoms with van der Waals surface area (Å²) in [5, 5.41) is 0. The molecule has 4 unspecified atom stereocenters. The summed E-state index contributed by atoms with van der Waals surface area (Å²) >= 11 is 0. The van der Waals surface area contributed by atoms with E-state index in [0.717, 1.165) is 59.8 Å². The molecule has 4 aromatic carbocycles. The predicted molar refractivity (Wildman–Crippen MR) is 208 cm³/mol. The Morgan fingerprint density at radius 2 is 0.702 bits per heavy atom. The van der Waals surface area contributed by atoms with Crippen molar-refractivity contribution in [3.63, 3.8) is 0 Å². The van der Waals surface area contributed by atoms with Crippen LogP contribution in [0.4, 0.5) is 0 Å². The number of epoxide rings is 4. The molecule has 0 saturated carbocycles. The fourth-order valence-electron chi connectivity index (χ4n) is 7.32. The highest BCUT2D eigenvalue weighted by atomic mass is 16.6. The zero-order chi connectivity index (χ0) is 38.3. The minimum Gasteiger partial charge on any atom is -0.491 e. The van der Waals surface area contributed by atoms with E-state index in [1.54, 1.807) is 0 Å². The Hall–Kier alpha value is -4.24. The summed E-state index contributed by atoms with van der Waals surface area (Å²) in [4.78, 5) is 0. The molecule has 12 heteroatoms. The van der Waals surface area contributed by atoms with Crippen molar-refractivity contribution >= 4 is 0 Å². The van der Waals surface area contributed by atoms with Gasteiger partial charge in [-0.05, 0) is 57.6 Å². The second kappa shape index (κ2) is 18.1. The Bertz CT molecular complexity index is 1720. The van der Waals surface area contributed by atoms with E-state index >= 15 is 0 Å². The van der Waals surface area contributed by atoms with E-state index in [4.69, 9.17) is 56.8 Å². The van der Waals surface area contributed by atoms with E-state index in [9.17, 15) is 0 Å². The molecule has 57 heavy (non-hydrogen) atoms. The first-order valence-corrected chi connectivity index (χ1v) is 20.0. The fraction of sp³-hybridized carbons (Fsp3) is 0.467. The van der Waals surface area contributed by atoms with Crippen molar-refractivity contribution < 1.29 is 56.8 Å². The largest absolute Gasteiger partial charge is 0.491 e. The van der Waals surface area contributed by atoms with Crippen LogP contribution < -0.4 is 18.9 Å². The molecule has 12 nitrogen and oxygen atoms in total. The lowest BCUT2D eigenvalue weighted by molar-refractivity contribution is 0.0856. The lowest BCUT2D eigenvalue weighted by Gasteiger charge is -2.35. The van der Waals surface area contributed by atoms with Crippen LogP contribution in [0.5, 0.6) is 23.0 Å². The molecule has 0 bridgehead atoms. The van der Waals surface area contributed by atoms with E-state index in [0.29, 0.717) is 102 Å². The van der Waals surface area contributed by atoms with Crippen LogP contribution in [0.25, 0.3) is 11.1 Å². The van der Waals surface area contributed by atoms with Crippen molar-refractivity contribution in [3.05, 3.63) is 107 Å². The van der Waals surface area contributed by atoms with Gasteiger partial charge in [-0.3, -0.25) is 0 Å². The van der Waals surface area contributed by atoms with E-state index in [1.165, 1.54) is 0 Å². The second-order valence-electron chi connectivity index (χ2n) is 14.7. The number of hydrogen-bond acceptors (Lipinski definition) is 12. The third kappa shape index (κ3) is 9.90. The van der Waals surface area contributed by atoms with Crippen LogP contribution in [0.1, 0.15) is 22.3 Å². The van der Waals surface area contributed by atoms with Gasteiger partial charge in [0.2, 0.25) is 0 Å². The second-order valence-corrected chi connectivity index (χ2v) is 14.7. The maximum atomic E-state index is 6.43. The molecule has 4 heterocycles. The van der Waals surface area contributed by atoms with E-state index < -0.39 is 5.41 Å². The first-order valence-electron chi connectivity index (χ1n) is 20.0. The third-order valence-corrected chi connectivity index (χ3v) is 10.4. The van der Waals surface area contributed by atoms with Gasteiger partial charge in [-0.15, -0.1) is 0 Å². The molecule has 4 atom stereocenters. The molecule has 4 saturated heterocycles. The molecule has 1 aliphatic carbocycles. The minimum absolute atomic E-state index is 0.188. The van der Waals surface area contributed by atoms with Crippen molar-refractivity contribution in [2.75, 3.05) is 106 Å². The Labute approximate surface area is 333 Å². The normalized spacial score (nSPS) is 21.7. The van der Waals surface area contributed by atoms with Crippen molar-refractivity contribution in [2.24, 2.45) is 0 Å². The first kappa shape index (κ1) is 38.3. The lowest BCUT2D eigenvalue weighted by Crippen LogP contribution is -2.29. The smallest absolute Gasteiger partial charge is 0.123 e.